The monoisotopic (exact) mass is 442 g/mol. The van der Waals surface area contributed by atoms with Crippen molar-refractivity contribution in [1.29, 1.82) is 0 Å². The van der Waals surface area contributed by atoms with Gasteiger partial charge in [0.15, 0.2) is 5.78 Å². The predicted molar refractivity (Wildman–Crippen MR) is 132 cm³/mol. The van der Waals surface area contributed by atoms with Gasteiger partial charge in [0, 0.05) is 41.2 Å². The maximum atomic E-state index is 13.0. The molecule has 1 saturated heterocycles. The van der Waals surface area contributed by atoms with Crippen LogP contribution in [-0.2, 0) is 10.2 Å². The molecule has 0 spiro atoms. The summed E-state index contributed by atoms with van der Waals surface area (Å²) in [6.07, 6.45) is 0. The van der Waals surface area contributed by atoms with E-state index in [9.17, 15) is 9.59 Å². The molecule has 0 atom stereocenters. The van der Waals surface area contributed by atoms with Gasteiger partial charge in [0.05, 0.1) is 13.2 Å². The minimum atomic E-state index is -0.206. The summed E-state index contributed by atoms with van der Waals surface area (Å²) in [5.41, 5.74) is 4.63. The molecule has 170 valence electrons. The van der Waals surface area contributed by atoms with E-state index in [0.717, 1.165) is 32.0 Å². The Morgan fingerprint density at radius 3 is 2.09 bits per heavy atom. The van der Waals surface area contributed by atoms with Crippen molar-refractivity contribution in [2.75, 3.05) is 36.5 Å². The summed E-state index contributed by atoms with van der Waals surface area (Å²) in [4.78, 5) is 28.0. The van der Waals surface area contributed by atoms with Crippen LogP contribution in [0.4, 0.5) is 11.4 Å². The Kier molecular flexibility index (Phi) is 6.61. The maximum absolute atomic E-state index is 13.0. The van der Waals surface area contributed by atoms with Gasteiger partial charge in [-0.05, 0) is 47.4 Å². The average Bonchev–Trinajstić information content (AvgIpc) is 2.84. The zero-order valence-electron chi connectivity index (χ0n) is 19.4. The number of nitrogens with one attached hydrogen (secondary N) is 1. The van der Waals surface area contributed by atoms with Crippen molar-refractivity contribution in [3.63, 3.8) is 0 Å². The molecule has 0 saturated carbocycles. The van der Waals surface area contributed by atoms with E-state index >= 15 is 0 Å². The number of nitrogens with zero attached hydrogens (tertiary/aromatic N) is 1. The molecular formula is C28H30N2O3. The van der Waals surface area contributed by atoms with Crippen LogP contribution >= 0.6 is 0 Å². The second-order valence-corrected chi connectivity index (χ2v) is 9.34. The molecule has 1 heterocycles. The Hall–Kier alpha value is -3.44. The topological polar surface area (TPSA) is 58.6 Å². The molecule has 3 aromatic rings. The van der Waals surface area contributed by atoms with Gasteiger partial charge in [-0.3, -0.25) is 9.59 Å². The number of ether oxygens (including phenoxy) is 1. The van der Waals surface area contributed by atoms with Crippen LogP contribution in [0.1, 0.15) is 52.6 Å². The molecule has 1 fully saturated rings. The number of hydrogen-bond acceptors (Lipinski definition) is 4. The van der Waals surface area contributed by atoms with Crippen molar-refractivity contribution in [2.24, 2.45) is 0 Å². The lowest BCUT2D eigenvalue weighted by molar-refractivity contribution is 0.102. The van der Waals surface area contributed by atoms with Gasteiger partial charge >= 0.3 is 0 Å². The summed E-state index contributed by atoms with van der Waals surface area (Å²) in [5, 5.41) is 2.91. The van der Waals surface area contributed by atoms with Crippen LogP contribution in [0.15, 0.2) is 72.8 Å². The van der Waals surface area contributed by atoms with Crippen LogP contribution in [0, 0.1) is 0 Å². The summed E-state index contributed by atoms with van der Waals surface area (Å²) < 4.78 is 5.39. The van der Waals surface area contributed by atoms with Crippen molar-refractivity contribution in [3.8, 4) is 0 Å². The Morgan fingerprint density at radius 1 is 0.818 bits per heavy atom. The summed E-state index contributed by atoms with van der Waals surface area (Å²) in [6.45, 7) is 9.58. The molecule has 4 rings (SSSR count). The minimum absolute atomic E-state index is 0.0339. The van der Waals surface area contributed by atoms with Crippen molar-refractivity contribution in [2.45, 2.75) is 26.2 Å². The van der Waals surface area contributed by atoms with Gasteiger partial charge in [-0.25, -0.2) is 0 Å². The highest BCUT2D eigenvalue weighted by Gasteiger charge is 2.16. The number of rotatable bonds is 5. The van der Waals surface area contributed by atoms with E-state index in [1.54, 1.807) is 24.3 Å². The van der Waals surface area contributed by atoms with Crippen LogP contribution in [0.5, 0.6) is 0 Å². The van der Waals surface area contributed by atoms with Crippen molar-refractivity contribution in [3.05, 3.63) is 95.1 Å². The minimum Gasteiger partial charge on any atom is -0.378 e. The van der Waals surface area contributed by atoms with E-state index in [4.69, 9.17) is 4.74 Å². The first kappa shape index (κ1) is 22.7. The first-order valence-electron chi connectivity index (χ1n) is 11.3. The van der Waals surface area contributed by atoms with Crippen LogP contribution in [0.3, 0.4) is 0 Å². The maximum Gasteiger partial charge on any atom is 0.255 e. The number of morpholine rings is 1. The SMILES string of the molecule is CC(C)(C)c1ccc(C(=O)c2cccc(NC(=O)c3ccc(N4CCOCC4)cc3)c2)cc1. The molecule has 5 nitrogen and oxygen atoms in total. The smallest absolute Gasteiger partial charge is 0.255 e. The molecule has 5 heteroatoms. The van der Waals surface area contributed by atoms with E-state index in [1.165, 1.54) is 5.56 Å². The first-order valence-corrected chi connectivity index (χ1v) is 11.3. The molecule has 0 unspecified atom stereocenters. The fourth-order valence-corrected chi connectivity index (χ4v) is 3.87. The average molecular weight is 443 g/mol. The highest BCUT2D eigenvalue weighted by atomic mass is 16.5. The summed E-state index contributed by atoms with van der Waals surface area (Å²) in [6, 6.07) is 22.4. The number of benzene rings is 3. The van der Waals surface area contributed by atoms with Crippen LogP contribution in [-0.4, -0.2) is 38.0 Å². The van der Waals surface area contributed by atoms with Crippen molar-refractivity contribution < 1.29 is 14.3 Å². The lowest BCUT2D eigenvalue weighted by Gasteiger charge is -2.28. The quantitative estimate of drug-likeness (QED) is 0.545. The number of amides is 1. The van der Waals surface area contributed by atoms with Gasteiger partial charge in [0.25, 0.3) is 5.91 Å². The second kappa shape index (κ2) is 9.59. The van der Waals surface area contributed by atoms with Crippen molar-refractivity contribution in [1.82, 2.24) is 0 Å². The van der Waals surface area contributed by atoms with Gasteiger partial charge in [-0.2, -0.15) is 0 Å². The zero-order chi connectivity index (χ0) is 23.4. The van der Waals surface area contributed by atoms with Crippen molar-refractivity contribution >= 4 is 23.1 Å². The normalized spacial score (nSPS) is 14.1. The molecule has 1 aliphatic heterocycles. The number of anilines is 2. The third-order valence-corrected chi connectivity index (χ3v) is 5.90. The fraction of sp³-hybridized carbons (Fsp3) is 0.286. The number of hydrogen-bond donors (Lipinski definition) is 1. The Labute approximate surface area is 195 Å². The highest BCUT2D eigenvalue weighted by Crippen LogP contribution is 2.24. The van der Waals surface area contributed by atoms with Gasteiger partial charge in [-0.15, -0.1) is 0 Å². The Balaban J connectivity index is 1.44. The van der Waals surface area contributed by atoms with Crippen LogP contribution in [0.2, 0.25) is 0 Å². The first-order chi connectivity index (χ1) is 15.8. The van der Waals surface area contributed by atoms with E-state index < -0.39 is 0 Å². The molecule has 33 heavy (non-hydrogen) atoms. The number of ketones is 1. The molecule has 3 aromatic carbocycles. The Morgan fingerprint density at radius 2 is 1.45 bits per heavy atom. The predicted octanol–water partition coefficient (Wildman–Crippen LogP) is 5.30. The molecule has 1 N–H and O–H groups in total. The summed E-state index contributed by atoms with van der Waals surface area (Å²) in [7, 11) is 0. The number of carbonyl (C=O) groups excluding carboxylic acids is 2. The van der Waals surface area contributed by atoms with E-state index in [0.29, 0.717) is 22.4 Å². The number of carbonyl (C=O) groups is 2. The highest BCUT2D eigenvalue weighted by molar-refractivity contribution is 6.10. The van der Waals surface area contributed by atoms with Gasteiger partial charge in [0.1, 0.15) is 0 Å². The standard InChI is InChI=1S/C28H30N2O3/c1-28(2,3)23-11-7-20(8-12-23)26(31)22-5-4-6-24(19-22)29-27(32)21-9-13-25(14-10-21)30-15-17-33-18-16-30/h4-14,19H,15-18H2,1-3H3,(H,29,32). The molecular weight excluding hydrogens is 412 g/mol. The van der Waals surface area contributed by atoms with Gasteiger partial charge < -0.3 is 15.0 Å². The molecule has 1 aliphatic rings. The molecule has 0 radical (unpaired) electrons. The molecule has 1 amide bonds. The molecule has 0 bridgehead atoms. The van der Waals surface area contributed by atoms with Crippen LogP contribution in [0.25, 0.3) is 0 Å². The van der Waals surface area contributed by atoms with E-state index in [-0.39, 0.29) is 17.1 Å². The lowest BCUT2D eigenvalue weighted by atomic mass is 9.86. The third kappa shape index (κ3) is 5.49. The third-order valence-electron chi connectivity index (χ3n) is 5.90. The summed E-state index contributed by atoms with van der Waals surface area (Å²) >= 11 is 0. The lowest BCUT2D eigenvalue weighted by Crippen LogP contribution is -2.36. The van der Waals surface area contributed by atoms with Crippen LogP contribution < -0.4 is 10.2 Å². The van der Waals surface area contributed by atoms with Gasteiger partial charge in [-0.1, -0.05) is 57.2 Å². The van der Waals surface area contributed by atoms with E-state index in [2.05, 4.69) is 31.0 Å². The van der Waals surface area contributed by atoms with Gasteiger partial charge in [0.2, 0.25) is 0 Å². The van der Waals surface area contributed by atoms with E-state index in [1.807, 2.05) is 48.5 Å². The molecule has 0 aliphatic carbocycles. The summed E-state index contributed by atoms with van der Waals surface area (Å²) in [5.74, 6) is -0.274. The second-order valence-electron chi connectivity index (χ2n) is 9.34. The largest absolute Gasteiger partial charge is 0.378 e. The zero-order valence-corrected chi connectivity index (χ0v) is 19.4. The Bertz CT molecular complexity index is 1120. The molecule has 0 aromatic heterocycles. The fourth-order valence-electron chi connectivity index (χ4n) is 3.87.